The molecule has 0 fully saturated rings. The number of rotatable bonds is 6. The second kappa shape index (κ2) is 7.30. The summed E-state index contributed by atoms with van der Waals surface area (Å²) in [4.78, 5) is 1.30. The summed E-state index contributed by atoms with van der Waals surface area (Å²) in [7, 11) is 0. The third kappa shape index (κ3) is 4.50. The maximum atomic E-state index is 6.00. The van der Waals surface area contributed by atoms with Gasteiger partial charge in [-0.1, -0.05) is 42.3 Å². The average molecular weight is 314 g/mol. The van der Waals surface area contributed by atoms with Crippen molar-refractivity contribution < 1.29 is 0 Å². The van der Waals surface area contributed by atoms with Crippen LogP contribution in [0, 0.1) is 0 Å². The quantitative estimate of drug-likeness (QED) is 0.759. The van der Waals surface area contributed by atoms with Gasteiger partial charge in [0.1, 0.15) is 0 Å². The number of nitrogens with one attached hydrogen (secondary N) is 1. The van der Waals surface area contributed by atoms with E-state index < -0.39 is 0 Å². The van der Waals surface area contributed by atoms with E-state index in [1.807, 2.05) is 18.2 Å². The Hall–Kier alpha value is -0.540. The number of benzene rings is 1. The highest BCUT2D eigenvalue weighted by atomic mass is 35.5. The fourth-order valence-electron chi connectivity index (χ4n) is 1.98. The van der Waals surface area contributed by atoms with Gasteiger partial charge in [-0.05, 0) is 42.8 Å². The Morgan fingerprint density at radius 2 is 1.84 bits per heavy atom. The van der Waals surface area contributed by atoms with Crippen molar-refractivity contribution in [2.24, 2.45) is 0 Å². The van der Waals surface area contributed by atoms with E-state index in [2.05, 4.69) is 30.4 Å². The van der Waals surface area contributed by atoms with Crippen molar-refractivity contribution in [3.8, 4) is 0 Å². The van der Waals surface area contributed by atoms with Crippen LogP contribution in [0.4, 0.5) is 0 Å². The standard InChI is InChI=1S/C15H17Cl2NS/c1-2-9-18-14(10-13-7-8-15(17)19-13)11-3-5-12(16)6-4-11/h3-8,14,18H,2,9-10H2,1H3. The minimum Gasteiger partial charge on any atom is -0.310 e. The van der Waals surface area contributed by atoms with Gasteiger partial charge in [0.05, 0.1) is 4.34 Å². The lowest BCUT2D eigenvalue weighted by Crippen LogP contribution is -2.23. The molecule has 0 aliphatic carbocycles. The minimum atomic E-state index is 0.312. The molecule has 19 heavy (non-hydrogen) atoms. The lowest BCUT2D eigenvalue weighted by atomic mass is 10.0. The van der Waals surface area contributed by atoms with Crippen LogP contribution in [-0.4, -0.2) is 6.54 Å². The van der Waals surface area contributed by atoms with Crippen LogP contribution >= 0.6 is 34.5 Å². The van der Waals surface area contributed by atoms with Gasteiger partial charge in [0.15, 0.2) is 0 Å². The molecule has 1 atom stereocenters. The van der Waals surface area contributed by atoms with Crippen LogP contribution in [-0.2, 0) is 6.42 Å². The monoisotopic (exact) mass is 313 g/mol. The van der Waals surface area contributed by atoms with E-state index in [0.29, 0.717) is 6.04 Å². The van der Waals surface area contributed by atoms with Crippen molar-refractivity contribution in [2.45, 2.75) is 25.8 Å². The number of hydrogen-bond acceptors (Lipinski definition) is 2. The summed E-state index contributed by atoms with van der Waals surface area (Å²) in [6.45, 7) is 3.18. The predicted octanol–water partition coefficient (Wildman–Crippen LogP) is 5.34. The molecule has 0 saturated heterocycles. The van der Waals surface area contributed by atoms with Crippen LogP contribution in [0.15, 0.2) is 36.4 Å². The third-order valence-electron chi connectivity index (χ3n) is 2.95. The van der Waals surface area contributed by atoms with Gasteiger partial charge in [-0.2, -0.15) is 0 Å². The zero-order valence-corrected chi connectivity index (χ0v) is 13.2. The third-order valence-corrected chi connectivity index (χ3v) is 4.45. The molecule has 0 aliphatic rings. The summed E-state index contributed by atoms with van der Waals surface area (Å²) in [5.74, 6) is 0. The first-order valence-electron chi connectivity index (χ1n) is 6.42. The number of thiophene rings is 1. The van der Waals surface area contributed by atoms with E-state index >= 15 is 0 Å². The molecule has 0 radical (unpaired) electrons. The molecule has 1 heterocycles. The largest absolute Gasteiger partial charge is 0.310 e. The predicted molar refractivity (Wildman–Crippen MR) is 85.5 cm³/mol. The van der Waals surface area contributed by atoms with Crippen LogP contribution in [0.1, 0.15) is 29.8 Å². The first-order valence-corrected chi connectivity index (χ1v) is 7.99. The zero-order valence-electron chi connectivity index (χ0n) is 10.8. The molecule has 1 aromatic carbocycles. The summed E-state index contributed by atoms with van der Waals surface area (Å²) < 4.78 is 0.848. The van der Waals surface area contributed by atoms with E-state index in [-0.39, 0.29) is 0 Å². The first kappa shape index (κ1) is 14.9. The number of halogens is 2. The van der Waals surface area contributed by atoms with E-state index in [9.17, 15) is 0 Å². The topological polar surface area (TPSA) is 12.0 Å². The highest BCUT2D eigenvalue weighted by Crippen LogP contribution is 2.27. The molecule has 1 nitrogen and oxygen atoms in total. The smallest absolute Gasteiger partial charge is 0.0931 e. The lowest BCUT2D eigenvalue weighted by Gasteiger charge is -2.18. The van der Waals surface area contributed by atoms with Gasteiger partial charge in [0.25, 0.3) is 0 Å². The molecule has 4 heteroatoms. The highest BCUT2D eigenvalue weighted by Gasteiger charge is 2.12. The lowest BCUT2D eigenvalue weighted by molar-refractivity contribution is 0.532. The molecule has 2 rings (SSSR count). The van der Waals surface area contributed by atoms with Crippen molar-refractivity contribution in [2.75, 3.05) is 6.54 Å². The van der Waals surface area contributed by atoms with Gasteiger partial charge >= 0.3 is 0 Å². The zero-order chi connectivity index (χ0) is 13.7. The number of hydrogen-bond donors (Lipinski definition) is 1. The molecule has 0 bridgehead atoms. The van der Waals surface area contributed by atoms with Crippen molar-refractivity contribution in [1.82, 2.24) is 5.32 Å². The van der Waals surface area contributed by atoms with Crippen molar-refractivity contribution >= 4 is 34.5 Å². The maximum absolute atomic E-state index is 6.00. The molecule has 102 valence electrons. The Kier molecular flexibility index (Phi) is 5.71. The molecule has 0 saturated carbocycles. The fraction of sp³-hybridized carbons (Fsp3) is 0.333. The Bertz CT molecular complexity index is 507. The second-order valence-corrected chi connectivity index (χ2v) is 6.70. The van der Waals surface area contributed by atoms with Crippen molar-refractivity contribution in [3.05, 3.63) is 56.2 Å². The summed E-state index contributed by atoms with van der Waals surface area (Å²) in [6, 6.07) is 12.4. The van der Waals surface area contributed by atoms with E-state index in [0.717, 1.165) is 28.7 Å². The average Bonchev–Trinajstić information content (AvgIpc) is 2.81. The van der Waals surface area contributed by atoms with E-state index in [4.69, 9.17) is 23.2 Å². The Morgan fingerprint density at radius 3 is 2.42 bits per heavy atom. The molecule has 2 aromatic rings. The normalized spacial score (nSPS) is 12.6. The van der Waals surface area contributed by atoms with Crippen LogP contribution in [0.2, 0.25) is 9.36 Å². The second-order valence-electron chi connectivity index (χ2n) is 4.47. The summed E-state index contributed by atoms with van der Waals surface area (Å²) in [5.41, 5.74) is 1.27. The Morgan fingerprint density at radius 1 is 1.11 bits per heavy atom. The van der Waals surface area contributed by atoms with Crippen LogP contribution < -0.4 is 5.32 Å². The van der Waals surface area contributed by atoms with Gasteiger partial charge in [-0.25, -0.2) is 0 Å². The maximum Gasteiger partial charge on any atom is 0.0931 e. The summed E-state index contributed by atoms with van der Waals surface area (Å²) in [6.07, 6.45) is 2.08. The van der Waals surface area contributed by atoms with Gasteiger partial charge < -0.3 is 5.32 Å². The molecule has 0 spiro atoms. The van der Waals surface area contributed by atoms with Gasteiger partial charge in [-0.15, -0.1) is 11.3 Å². The van der Waals surface area contributed by atoms with Crippen LogP contribution in [0.3, 0.4) is 0 Å². The molecule has 0 amide bonds. The summed E-state index contributed by atoms with van der Waals surface area (Å²) in [5, 5.41) is 4.36. The Labute approximate surface area is 128 Å². The molecule has 1 N–H and O–H groups in total. The van der Waals surface area contributed by atoms with Crippen LogP contribution in [0.5, 0.6) is 0 Å². The summed E-state index contributed by atoms with van der Waals surface area (Å²) >= 11 is 13.6. The first-order chi connectivity index (χ1) is 9.19. The molecular weight excluding hydrogens is 297 g/mol. The fourth-order valence-corrected chi connectivity index (χ4v) is 3.24. The minimum absolute atomic E-state index is 0.312. The molecule has 1 unspecified atom stereocenters. The highest BCUT2D eigenvalue weighted by molar-refractivity contribution is 7.16. The van der Waals surface area contributed by atoms with Crippen molar-refractivity contribution in [3.63, 3.8) is 0 Å². The van der Waals surface area contributed by atoms with Crippen LogP contribution in [0.25, 0.3) is 0 Å². The van der Waals surface area contributed by atoms with E-state index in [1.165, 1.54) is 10.4 Å². The molecule has 1 aromatic heterocycles. The SMILES string of the molecule is CCCNC(Cc1ccc(Cl)s1)c1ccc(Cl)cc1. The van der Waals surface area contributed by atoms with Gasteiger partial charge in [-0.3, -0.25) is 0 Å². The Balaban J connectivity index is 2.13. The van der Waals surface area contributed by atoms with Crippen molar-refractivity contribution in [1.29, 1.82) is 0 Å². The van der Waals surface area contributed by atoms with Gasteiger partial charge in [0.2, 0.25) is 0 Å². The van der Waals surface area contributed by atoms with Gasteiger partial charge in [0, 0.05) is 22.4 Å². The molecular formula is C15H17Cl2NS. The molecule has 0 aliphatic heterocycles. The van der Waals surface area contributed by atoms with E-state index in [1.54, 1.807) is 11.3 Å².